The number of aromatic nitrogens is 4. The molecular weight excluding hydrogens is 320 g/mol. The summed E-state index contributed by atoms with van der Waals surface area (Å²) in [5.41, 5.74) is 0.874. The van der Waals surface area contributed by atoms with E-state index in [2.05, 4.69) is 30.3 Å². The normalized spacial score (nSPS) is 18.4. The third-order valence-electron chi connectivity index (χ3n) is 4.47. The van der Waals surface area contributed by atoms with Crippen molar-refractivity contribution in [3.8, 4) is 0 Å². The van der Waals surface area contributed by atoms with Crippen LogP contribution in [0.15, 0.2) is 41.5 Å². The number of carbonyl (C=O) groups is 1. The minimum atomic E-state index is -0.309. The fourth-order valence-electron chi connectivity index (χ4n) is 3.26. The van der Waals surface area contributed by atoms with Gasteiger partial charge in [0.25, 0.3) is 0 Å². The Balaban J connectivity index is 1.58. The quantitative estimate of drug-likeness (QED) is 0.775. The van der Waals surface area contributed by atoms with Gasteiger partial charge in [-0.15, -0.1) is 0 Å². The van der Waals surface area contributed by atoms with Crippen LogP contribution < -0.4 is 10.2 Å². The van der Waals surface area contributed by atoms with Crippen LogP contribution in [0.3, 0.4) is 0 Å². The molecule has 0 spiro atoms. The first-order chi connectivity index (χ1) is 12.2. The summed E-state index contributed by atoms with van der Waals surface area (Å²) in [6.07, 6.45) is 4.52. The molecule has 4 rings (SSSR count). The van der Waals surface area contributed by atoms with Crippen molar-refractivity contribution in [3.05, 3.63) is 42.8 Å². The van der Waals surface area contributed by atoms with Gasteiger partial charge in [0.05, 0.1) is 11.6 Å². The van der Waals surface area contributed by atoms with Crippen molar-refractivity contribution in [1.29, 1.82) is 0 Å². The second-order valence-corrected chi connectivity index (χ2v) is 6.09. The van der Waals surface area contributed by atoms with E-state index in [0.717, 1.165) is 36.1 Å². The molecule has 0 radical (unpaired) electrons. The number of fused-ring (bicyclic) bond motifs is 1. The molecule has 1 aliphatic heterocycles. The summed E-state index contributed by atoms with van der Waals surface area (Å²) in [4.78, 5) is 27.6. The van der Waals surface area contributed by atoms with Crippen LogP contribution in [0.4, 0.5) is 5.82 Å². The highest BCUT2D eigenvalue weighted by Crippen LogP contribution is 2.29. The Morgan fingerprint density at radius 2 is 2.20 bits per heavy atom. The van der Waals surface area contributed by atoms with E-state index in [0.29, 0.717) is 5.82 Å². The summed E-state index contributed by atoms with van der Waals surface area (Å²) < 4.78 is 4.74. The zero-order valence-electron chi connectivity index (χ0n) is 13.8. The van der Waals surface area contributed by atoms with Crippen molar-refractivity contribution in [3.63, 3.8) is 0 Å². The maximum Gasteiger partial charge on any atom is 0.243 e. The molecule has 0 unspecified atom stereocenters. The lowest BCUT2D eigenvalue weighted by Crippen LogP contribution is -2.44. The summed E-state index contributed by atoms with van der Waals surface area (Å²) in [7, 11) is 0. The van der Waals surface area contributed by atoms with Crippen molar-refractivity contribution in [1.82, 2.24) is 25.4 Å². The van der Waals surface area contributed by atoms with E-state index < -0.39 is 0 Å². The van der Waals surface area contributed by atoms with Gasteiger partial charge in [0.2, 0.25) is 12.3 Å². The van der Waals surface area contributed by atoms with Crippen LogP contribution >= 0.6 is 0 Å². The van der Waals surface area contributed by atoms with Gasteiger partial charge in [-0.05, 0) is 31.9 Å². The fourth-order valence-corrected chi connectivity index (χ4v) is 3.26. The summed E-state index contributed by atoms with van der Waals surface area (Å²) in [5.74, 6) is 1.21. The standard InChI is InChI=1S/C17H18N6O2/c1-11(15-20-10-25-22-15)21-17(24)14-7-4-8-23(14)16-12-5-2-3-6-13(12)18-9-19-16/h2-3,5-6,9-11,14H,4,7-8H2,1H3,(H,21,24)/t11-,14+/m0/s1. The first-order valence-electron chi connectivity index (χ1n) is 8.27. The third kappa shape index (κ3) is 2.90. The number of amides is 1. The minimum absolute atomic E-state index is 0.0579. The van der Waals surface area contributed by atoms with Gasteiger partial charge in [-0.1, -0.05) is 17.3 Å². The molecule has 0 bridgehead atoms. The van der Waals surface area contributed by atoms with Gasteiger partial charge in [-0.2, -0.15) is 4.98 Å². The van der Waals surface area contributed by atoms with Crippen LogP contribution in [0.5, 0.6) is 0 Å². The first kappa shape index (κ1) is 15.5. The molecule has 1 fully saturated rings. The Bertz CT molecular complexity index is 876. The van der Waals surface area contributed by atoms with Gasteiger partial charge >= 0.3 is 0 Å². The Kier molecular flexibility index (Phi) is 4.01. The summed E-state index contributed by atoms with van der Waals surface area (Å²) in [5, 5.41) is 7.70. The molecule has 25 heavy (non-hydrogen) atoms. The third-order valence-corrected chi connectivity index (χ3v) is 4.47. The smallest absolute Gasteiger partial charge is 0.243 e. The summed E-state index contributed by atoms with van der Waals surface area (Å²) in [6.45, 7) is 2.62. The molecular formula is C17H18N6O2. The lowest BCUT2D eigenvalue weighted by Gasteiger charge is -2.26. The molecule has 0 aliphatic carbocycles. The average Bonchev–Trinajstić information content (AvgIpc) is 3.33. The molecule has 8 nitrogen and oxygen atoms in total. The number of benzene rings is 1. The molecule has 8 heteroatoms. The van der Waals surface area contributed by atoms with E-state index in [-0.39, 0.29) is 18.0 Å². The van der Waals surface area contributed by atoms with Crippen molar-refractivity contribution in [2.45, 2.75) is 31.8 Å². The largest absolute Gasteiger partial charge is 0.344 e. The van der Waals surface area contributed by atoms with E-state index >= 15 is 0 Å². The van der Waals surface area contributed by atoms with Crippen molar-refractivity contribution in [2.75, 3.05) is 11.4 Å². The van der Waals surface area contributed by atoms with E-state index in [1.807, 2.05) is 31.2 Å². The Morgan fingerprint density at radius 1 is 1.32 bits per heavy atom. The number of hydrogen-bond acceptors (Lipinski definition) is 7. The van der Waals surface area contributed by atoms with Gasteiger partial charge < -0.3 is 14.7 Å². The summed E-state index contributed by atoms with van der Waals surface area (Å²) in [6, 6.07) is 7.26. The monoisotopic (exact) mass is 338 g/mol. The lowest BCUT2D eigenvalue weighted by atomic mass is 10.1. The van der Waals surface area contributed by atoms with Gasteiger partial charge in [0, 0.05) is 11.9 Å². The highest BCUT2D eigenvalue weighted by atomic mass is 16.5. The maximum atomic E-state index is 12.8. The average molecular weight is 338 g/mol. The van der Waals surface area contributed by atoms with Crippen LogP contribution in [0, 0.1) is 0 Å². The molecule has 3 heterocycles. The number of hydrogen-bond donors (Lipinski definition) is 1. The molecule has 128 valence electrons. The highest BCUT2D eigenvalue weighted by molar-refractivity contribution is 5.93. The topological polar surface area (TPSA) is 97.0 Å². The molecule has 1 aromatic carbocycles. The van der Waals surface area contributed by atoms with Gasteiger partial charge in [-0.3, -0.25) is 4.79 Å². The van der Waals surface area contributed by atoms with Crippen LogP contribution in [-0.2, 0) is 4.79 Å². The molecule has 3 aromatic rings. The fraction of sp³-hybridized carbons (Fsp3) is 0.353. The number of anilines is 1. The Labute approximate surface area is 144 Å². The SMILES string of the molecule is C[C@H](NC(=O)[C@H]1CCCN1c1ncnc2ccccc12)c1ncon1. The molecule has 1 N–H and O–H groups in total. The number of carbonyl (C=O) groups excluding carboxylic acids is 1. The van der Waals surface area contributed by atoms with Gasteiger partial charge in [-0.25, -0.2) is 9.97 Å². The van der Waals surface area contributed by atoms with Crippen molar-refractivity contribution < 1.29 is 9.32 Å². The van der Waals surface area contributed by atoms with Gasteiger partial charge in [0.1, 0.15) is 18.2 Å². The zero-order chi connectivity index (χ0) is 17.2. The van der Waals surface area contributed by atoms with Crippen LogP contribution in [0.1, 0.15) is 31.6 Å². The number of para-hydroxylation sites is 1. The van der Waals surface area contributed by atoms with E-state index in [1.54, 1.807) is 6.33 Å². The molecule has 1 aliphatic rings. The maximum absolute atomic E-state index is 12.8. The van der Waals surface area contributed by atoms with Crippen LogP contribution in [0.2, 0.25) is 0 Å². The lowest BCUT2D eigenvalue weighted by molar-refractivity contribution is -0.122. The van der Waals surface area contributed by atoms with E-state index in [4.69, 9.17) is 4.52 Å². The number of nitrogens with zero attached hydrogens (tertiary/aromatic N) is 5. The zero-order valence-corrected chi connectivity index (χ0v) is 13.8. The second-order valence-electron chi connectivity index (χ2n) is 6.09. The number of rotatable bonds is 4. The molecule has 1 amide bonds. The first-order valence-corrected chi connectivity index (χ1v) is 8.27. The number of nitrogens with one attached hydrogen (secondary N) is 1. The second kappa shape index (κ2) is 6.46. The predicted octanol–water partition coefficient (Wildman–Crippen LogP) is 1.86. The molecule has 2 atom stereocenters. The van der Waals surface area contributed by atoms with Crippen LogP contribution in [-0.4, -0.2) is 38.6 Å². The van der Waals surface area contributed by atoms with Gasteiger partial charge in [0.15, 0.2) is 5.82 Å². The Hall–Kier alpha value is -3.03. The van der Waals surface area contributed by atoms with E-state index in [1.165, 1.54) is 6.39 Å². The molecule has 1 saturated heterocycles. The Morgan fingerprint density at radius 3 is 3.04 bits per heavy atom. The molecule has 0 saturated carbocycles. The van der Waals surface area contributed by atoms with Crippen molar-refractivity contribution >= 4 is 22.6 Å². The van der Waals surface area contributed by atoms with E-state index in [9.17, 15) is 4.79 Å². The van der Waals surface area contributed by atoms with Crippen molar-refractivity contribution in [2.24, 2.45) is 0 Å². The minimum Gasteiger partial charge on any atom is -0.344 e. The predicted molar refractivity (Wildman–Crippen MR) is 90.8 cm³/mol. The summed E-state index contributed by atoms with van der Waals surface area (Å²) >= 11 is 0. The highest BCUT2D eigenvalue weighted by Gasteiger charge is 2.33. The van der Waals surface area contributed by atoms with Crippen LogP contribution in [0.25, 0.3) is 10.9 Å². The molecule has 2 aromatic heterocycles.